The van der Waals surface area contributed by atoms with E-state index >= 15 is 0 Å². The Morgan fingerprint density at radius 2 is 2.12 bits per heavy atom. The number of nitrogens with two attached hydrogens (primary N) is 1. The average molecular weight is 367 g/mol. The monoisotopic (exact) mass is 366 g/mol. The molecule has 1 saturated heterocycles. The third kappa shape index (κ3) is 3.70. The maximum Gasteiger partial charge on any atom is 0.257 e. The molecule has 0 saturated carbocycles. The molecular formula is C18H24ClFN4O. The minimum Gasteiger partial charge on any atom is -0.334 e. The highest BCUT2D eigenvalue weighted by molar-refractivity contribution is 5.95. The van der Waals surface area contributed by atoms with E-state index < -0.39 is 0 Å². The molecule has 2 aromatic rings. The molecule has 1 aromatic heterocycles. The number of piperidine rings is 1. The number of amides is 1. The van der Waals surface area contributed by atoms with Crippen LogP contribution in [0, 0.1) is 18.7 Å². The summed E-state index contributed by atoms with van der Waals surface area (Å²) in [5.74, 6) is 0.136. The molecule has 0 aliphatic carbocycles. The minimum absolute atomic E-state index is 0. The van der Waals surface area contributed by atoms with Crippen LogP contribution in [0.25, 0.3) is 5.69 Å². The van der Waals surface area contributed by atoms with Crippen molar-refractivity contribution in [3.05, 3.63) is 47.5 Å². The van der Waals surface area contributed by atoms with Gasteiger partial charge in [-0.1, -0.05) is 19.1 Å². The Hall–Kier alpha value is -1.92. The number of benzene rings is 1. The topological polar surface area (TPSA) is 64.2 Å². The first-order valence-corrected chi connectivity index (χ1v) is 8.33. The van der Waals surface area contributed by atoms with E-state index in [0.29, 0.717) is 36.0 Å². The lowest BCUT2D eigenvalue weighted by Gasteiger charge is -2.38. The first-order valence-electron chi connectivity index (χ1n) is 8.33. The van der Waals surface area contributed by atoms with Crippen LogP contribution in [0.3, 0.4) is 0 Å². The Morgan fingerprint density at radius 1 is 1.40 bits per heavy atom. The summed E-state index contributed by atoms with van der Waals surface area (Å²) < 4.78 is 15.5. The summed E-state index contributed by atoms with van der Waals surface area (Å²) in [6.45, 7) is 5.13. The van der Waals surface area contributed by atoms with Crippen molar-refractivity contribution in [2.24, 2.45) is 11.7 Å². The van der Waals surface area contributed by atoms with E-state index in [9.17, 15) is 9.18 Å². The van der Waals surface area contributed by atoms with Crippen molar-refractivity contribution in [2.75, 3.05) is 13.1 Å². The second-order valence-corrected chi connectivity index (χ2v) is 6.52. The smallest absolute Gasteiger partial charge is 0.257 e. The maximum atomic E-state index is 14.0. The normalized spacial score (nSPS) is 20.2. The van der Waals surface area contributed by atoms with Crippen LogP contribution in [0.4, 0.5) is 4.39 Å². The molecule has 7 heteroatoms. The Labute approximate surface area is 153 Å². The summed E-state index contributed by atoms with van der Waals surface area (Å²) in [5.41, 5.74) is 7.35. The number of aromatic nitrogens is 2. The van der Waals surface area contributed by atoms with E-state index in [0.717, 1.165) is 12.8 Å². The van der Waals surface area contributed by atoms with Gasteiger partial charge in [0.1, 0.15) is 11.5 Å². The summed E-state index contributed by atoms with van der Waals surface area (Å²) in [6.07, 6.45) is 3.42. The van der Waals surface area contributed by atoms with E-state index in [1.807, 2.05) is 4.90 Å². The first-order chi connectivity index (χ1) is 11.5. The second kappa shape index (κ2) is 7.97. The van der Waals surface area contributed by atoms with Gasteiger partial charge in [0.25, 0.3) is 5.91 Å². The Balaban J connectivity index is 0.00000225. The van der Waals surface area contributed by atoms with Gasteiger partial charge < -0.3 is 10.6 Å². The number of nitrogens with zero attached hydrogens (tertiary/aromatic N) is 3. The molecule has 1 fully saturated rings. The van der Waals surface area contributed by atoms with Gasteiger partial charge in [0.2, 0.25) is 0 Å². The molecule has 2 unspecified atom stereocenters. The van der Waals surface area contributed by atoms with Crippen LogP contribution >= 0.6 is 12.4 Å². The Bertz CT molecular complexity index is 748. The third-order valence-corrected chi connectivity index (χ3v) is 4.83. The van der Waals surface area contributed by atoms with E-state index in [2.05, 4.69) is 12.0 Å². The first kappa shape index (κ1) is 19.4. The SMILES string of the molecule is Cc1c(C(=O)N2CCC(C)CC2CN)cnn1-c1ccccc1F.Cl. The second-order valence-electron chi connectivity index (χ2n) is 6.52. The maximum absolute atomic E-state index is 14.0. The number of likely N-dealkylation sites (tertiary alicyclic amines) is 1. The molecule has 2 atom stereocenters. The molecule has 5 nitrogen and oxygen atoms in total. The van der Waals surface area contributed by atoms with Gasteiger partial charge >= 0.3 is 0 Å². The molecule has 25 heavy (non-hydrogen) atoms. The number of hydrogen-bond donors (Lipinski definition) is 1. The summed E-state index contributed by atoms with van der Waals surface area (Å²) in [6, 6.07) is 6.46. The number of carbonyl (C=O) groups is 1. The summed E-state index contributed by atoms with van der Waals surface area (Å²) in [7, 11) is 0. The highest BCUT2D eigenvalue weighted by atomic mass is 35.5. The van der Waals surface area contributed by atoms with Crippen molar-refractivity contribution in [1.82, 2.24) is 14.7 Å². The van der Waals surface area contributed by atoms with Crippen LogP contribution in [0.5, 0.6) is 0 Å². The fraction of sp³-hybridized carbons (Fsp3) is 0.444. The molecule has 0 spiro atoms. The van der Waals surface area contributed by atoms with Gasteiger partial charge in [-0.25, -0.2) is 9.07 Å². The molecule has 1 aliphatic heterocycles. The Kier molecular flexibility index (Phi) is 6.19. The summed E-state index contributed by atoms with van der Waals surface area (Å²) in [4.78, 5) is 14.8. The predicted molar refractivity (Wildman–Crippen MR) is 97.8 cm³/mol. The van der Waals surface area contributed by atoms with Crippen LogP contribution in [-0.2, 0) is 0 Å². The van der Waals surface area contributed by atoms with E-state index in [1.165, 1.54) is 16.9 Å². The summed E-state index contributed by atoms with van der Waals surface area (Å²) in [5, 5.41) is 4.23. The van der Waals surface area contributed by atoms with Crippen LogP contribution in [0.1, 0.15) is 35.8 Å². The number of rotatable bonds is 3. The zero-order chi connectivity index (χ0) is 17.3. The number of carbonyl (C=O) groups excluding carboxylic acids is 1. The molecule has 136 valence electrons. The van der Waals surface area contributed by atoms with Crippen molar-refractivity contribution in [3.63, 3.8) is 0 Å². The molecular weight excluding hydrogens is 343 g/mol. The lowest BCUT2D eigenvalue weighted by molar-refractivity contribution is 0.0573. The van der Waals surface area contributed by atoms with Crippen molar-refractivity contribution >= 4 is 18.3 Å². The van der Waals surface area contributed by atoms with Crippen LogP contribution in [-0.4, -0.2) is 39.7 Å². The zero-order valence-electron chi connectivity index (χ0n) is 14.5. The van der Waals surface area contributed by atoms with Crippen molar-refractivity contribution < 1.29 is 9.18 Å². The predicted octanol–water partition coefficient (Wildman–Crippen LogP) is 2.94. The van der Waals surface area contributed by atoms with Crippen molar-refractivity contribution in [1.29, 1.82) is 0 Å². The van der Waals surface area contributed by atoms with Gasteiger partial charge in [-0.15, -0.1) is 12.4 Å². The fourth-order valence-corrected chi connectivity index (χ4v) is 3.38. The molecule has 2 heterocycles. The molecule has 1 aliphatic rings. The highest BCUT2D eigenvalue weighted by Gasteiger charge is 2.31. The summed E-state index contributed by atoms with van der Waals surface area (Å²) >= 11 is 0. The molecule has 3 rings (SSSR count). The minimum atomic E-state index is -0.366. The van der Waals surface area contributed by atoms with Gasteiger partial charge in [0, 0.05) is 19.1 Å². The quantitative estimate of drug-likeness (QED) is 0.908. The Morgan fingerprint density at radius 3 is 2.80 bits per heavy atom. The van der Waals surface area contributed by atoms with Crippen LogP contribution < -0.4 is 5.73 Å². The lowest BCUT2D eigenvalue weighted by Crippen LogP contribution is -2.49. The van der Waals surface area contributed by atoms with Gasteiger partial charge in [0.15, 0.2) is 0 Å². The highest BCUT2D eigenvalue weighted by Crippen LogP contribution is 2.25. The van der Waals surface area contributed by atoms with Gasteiger partial charge in [-0.2, -0.15) is 5.10 Å². The largest absolute Gasteiger partial charge is 0.334 e. The standard InChI is InChI=1S/C18H23FN4O.ClH/c1-12-7-8-22(14(9-12)10-20)18(24)15-11-21-23(13(15)2)17-6-4-3-5-16(17)19;/h3-6,11-12,14H,7-10,20H2,1-2H3;1H. The fourth-order valence-electron chi connectivity index (χ4n) is 3.38. The molecule has 0 bridgehead atoms. The van der Waals surface area contributed by atoms with E-state index in [4.69, 9.17) is 5.73 Å². The van der Waals surface area contributed by atoms with Gasteiger partial charge in [-0.3, -0.25) is 4.79 Å². The molecule has 1 aromatic carbocycles. The van der Waals surface area contributed by atoms with Crippen molar-refractivity contribution in [2.45, 2.75) is 32.7 Å². The van der Waals surface area contributed by atoms with Crippen LogP contribution in [0.2, 0.25) is 0 Å². The number of para-hydroxylation sites is 1. The zero-order valence-corrected chi connectivity index (χ0v) is 15.3. The molecule has 2 N–H and O–H groups in total. The molecule has 1 amide bonds. The van der Waals surface area contributed by atoms with Gasteiger partial charge in [-0.05, 0) is 37.8 Å². The number of halogens is 2. The lowest BCUT2D eigenvalue weighted by atomic mass is 9.92. The number of hydrogen-bond acceptors (Lipinski definition) is 3. The molecule has 0 radical (unpaired) electrons. The average Bonchev–Trinajstić information content (AvgIpc) is 2.96. The van der Waals surface area contributed by atoms with Gasteiger partial charge in [0.05, 0.1) is 17.5 Å². The van der Waals surface area contributed by atoms with E-state index in [-0.39, 0.29) is 30.2 Å². The third-order valence-electron chi connectivity index (χ3n) is 4.83. The van der Waals surface area contributed by atoms with Crippen LogP contribution in [0.15, 0.2) is 30.5 Å². The van der Waals surface area contributed by atoms with E-state index in [1.54, 1.807) is 25.1 Å². The van der Waals surface area contributed by atoms with Crippen molar-refractivity contribution in [3.8, 4) is 5.69 Å².